The lowest BCUT2D eigenvalue weighted by atomic mass is 10.2. The second-order valence-electron chi connectivity index (χ2n) is 4.93. The number of nitrogens with one attached hydrogen (secondary N) is 2. The second-order valence-corrected chi connectivity index (χ2v) is 5.28. The Hall–Kier alpha value is -3.00. The summed E-state index contributed by atoms with van der Waals surface area (Å²) in [6, 6.07) is 7.27. The van der Waals surface area contributed by atoms with Gasteiger partial charge in [0.25, 0.3) is 6.29 Å². The SMILES string of the molecule is CNc1nc(Nc2ccc(C3OC=CO3)cc2)c(C(=O)OC)nc1Cl. The van der Waals surface area contributed by atoms with Crippen molar-refractivity contribution in [2.45, 2.75) is 6.29 Å². The van der Waals surface area contributed by atoms with Crippen LogP contribution in [-0.2, 0) is 14.2 Å². The van der Waals surface area contributed by atoms with Gasteiger partial charge in [0.2, 0.25) is 0 Å². The molecule has 0 saturated heterocycles. The fourth-order valence-electron chi connectivity index (χ4n) is 2.16. The van der Waals surface area contributed by atoms with Gasteiger partial charge in [0, 0.05) is 18.3 Å². The molecule has 0 atom stereocenters. The number of esters is 1. The molecule has 0 spiro atoms. The van der Waals surface area contributed by atoms with E-state index in [0.717, 1.165) is 5.56 Å². The molecular weight excluding hydrogens is 348 g/mol. The Morgan fingerprint density at radius 2 is 1.84 bits per heavy atom. The maximum atomic E-state index is 11.9. The lowest BCUT2D eigenvalue weighted by Crippen LogP contribution is -2.12. The molecule has 9 heteroatoms. The number of carbonyl (C=O) groups is 1. The van der Waals surface area contributed by atoms with Gasteiger partial charge in [-0.05, 0) is 24.3 Å². The van der Waals surface area contributed by atoms with Crippen molar-refractivity contribution in [2.75, 3.05) is 24.8 Å². The van der Waals surface area contributed by atoms with Gasteiger partial charge in [-0.2, -0.15) is 0 Å². The van der Waals surface area contributed by atoms with Gasteiger partial charge in [0.15, 0.2) is 22.5 Å². The van der Waals surface area contributed by atoms with E-state index in [4.69, 9.17) is 25.8 Å². The van der Waals surface area contributed by atoms with Crippen LogP contribution in [0.5, 0.6) is 0 Å². The lowest BCUT2D eigenvalue weighted by molar-refractivity contribution is -0.0245. The maximum absolute atomic E-state index is 11.9. The smallest absolute Gasteiger partial charge is 0.360 e. The fourth-order valence-corrected chi connectivity index (χ4v) is 2.38. The van der Waals surface area contributed by atoms with Crippen LogP contribution in [0, 0.1) is 0 Å². The summed E-state index contributed by atoms with van der Waals surface area (Å²) >= 11 is 5.99. The summed E-state index contributed by atoms with van der Waals surface area (Å²) in [6.07, 6.45) is 2.52. The molecule has 0 aliphatic carbocycles. The molecule has 1 aliphatic heterocycles. The fraction of sp³-hybridized carbons (Fsp3) is 0.188. The number of hydrogen-bond acceptors (Lipinski definition) is 8. The average Bonchev–Trinajstić information content (AvgIpc) is 3.17. The molecule has 0 amide bonds. The quantitative estimate of drug-likeness (QED) is 0.783. The third-order valence-corrected chi connectivity index (χ3v) is 3.64. The predicted molar refractivity (Wildman–Crippen MR) is 91.7 cm³/mol. The molecule has 1 aromatic heterocycles. The number of halogens is 1. The number of nitrogens with zero attached hydrogens (tertiary/aromatic N) is 2. The molecule has 3 rings (SSSR count). The van der Waals surface area contributed by atoms with Crippen molar-refractivity contribution < 1.29 is 19.0 Å². The molecule has 2 heterocycles. The largest absolute Gasteiger partial charge is 0.464 e. The van der Waals surface area contributed by atoms with E-state index in [1.54, 1.807) is 19.2 Å². The van der Waals surface area contributed by atoms with E-state index in [1.807, 2.05) is 12.1 Å². The Kier molecular flexibility index (Phi) is 4.90. The molecule has 2 N–H and O–H groups in total. The lowest BCUT2D eigenvalue weighted by Gasteiger charge is -2.13. The summed E-state index contributed by atoms with van der Waals surface area (Å²) in [5, 5.41) is 5.93. The Labute approximate surface area is 148 Å². The van der Waals surface area contributed by atoms with Crippen molar-refractivity contribution in [3.63, 3.8) is 0 Å². The van der Waals surface area contributed by atoms with Crippen molar-refractivity contribution in [1.82, 2.24) is 9.97 Å². The van der Waals surface area contributed by atoms with E-state index < -0.39 is 12.3 Å². The van der Waals surface area contributed by atoms with Crippen molar-refractivity contribution in [3.8, 4) is 0 Å². The first kappa shape index (κ1) is 16.8. The maximum Gasteiger partial charge on any atom is 0.360 e. The number of hydrogen-bond donors (Lipinski definition) is 2. The summed E-state index contributed by atoms with van der Waals surface area (Å²) < 4.78 is 15.3. The van der Waals surface area contributed by atoms with Gasteiger partial charge in [0.05, 0.1) is 7.11 Å². The van der Waals surface area contributed by atoms with Gasteiger partial charge >= 0.3 is 5.97 Å². The van der Waals surface area contributed by atoms with Crippen molar-refractivity contribution in [3.05, 3.63) is 53.2 Å². The molecule has 1 aliphatic rings. The number of methoxy groups -OCH3 is 1. The topological polar surface area (TPSA) is 94.6 Å². The molecule has 2 aromatic rings. The van der Waals surface area contributed by atoms with Crippen molar-refractivity contribution >= 4 is 34.9 Å². The zero-order chi connectivity index (χ0) is 17.8. The third-order valence-electron chi connectivity index (χ3n) is 3.37. The number of aromatic nitrogens is 2. The van der Waals surface area contributed by atoms with Crippen LogP contribution in [0.4, 0.5) is 17.3 Å². The minimum atomic E-state index is -0.644. The highest BCUT2D eigenvalue weighted by atomic mass is 35.5. The van der Waals surface area contributed by atoms with Gasteiger partial charge in [-0.3, -0.25) is 0 Å². The summed E-state index contributed by atoms with van der Waals surface area (Å²) in [5.41, 5.74) is 1.53. The average molecular weight is 363 g/mol. The third kappa shape index (κ3) is 3.58. The van der Waals surface area contributed by atoms with Crippen LogP contribution < -0.4 is 10.6 Å². The number of carbonyl (C=O) groups excluding carboxylic acids is 1. The highest BCUT2D eigenvalue weighted by Gasteiger charge is 2.20. The van der Waals surface area contributed by atoms with Crippen LogP contribution in [0.2, 0.25) is 5.15 Å². The van der Waals surface area contributed by atoms with Crippen LogP contribution in [0.1, 0.15) is 22.3 Å². The van der Waals surface area contributed by atoms with Crippen LogP contribution in [0.25, 0.3) is 0 Å². The summed E-state index contributed by atoms with van der Waals surface area (Å²) in [6.45, 7) is 0. The van der Waals surface area contributed by atoms with Crippen molar-refractivity contribution in [1.29, 1.82) is 0 Å². The van der Waals surface area contributed by atoms with E-state index in [2.05, 4.69) is 20.6 Å². The summed E-state index contributed by atoms with van der Waals surface area (Å²) in [5.74, 6) is -0.0781. The second kappa shape index (κ2) is 7.27. The molecule has 0 bridgehead atoms. The molecular formula is C16H15ClN4O4. The zero-order valence-corrected chi connectivity index (χ0v) is 14.2. The van der Waals surface area contributed by atoms with E-state index in [0.29, 0.717) is 11.5 Å². The van der Waals surface area contributed by atoms with Crippen LogP contribution in [-0.4, -0.2) is 30.1 Å². The molecule has 0 radical (unpaired) electrons. The number of anilines is 3. The molecule has 8 nitrogen and oxygen atoms in total. The Balaban J connectivity index is 1.87. The normalized spacial score (nSPS) is 13.1. The summed E-state index contributed by atoms with van der Waals surface area (Å²) in [4.78, 5) is 20.2. The van der Waals surface area contributed by atoms with Crippen LogP contribution >= 0.6 is 11.6 Å². The number of benzene rings is 1. The molecule has 25 heavy (non-hydrogen) atoms. The van der Waals surface area contributed by atoms with E-state index in [-0.39, 0.29) is 16.7 Å². The van der Waals surface area contributed by atoms with Gasteiger partial charge in [0.1, 0.15) is 12.5 Å². The first-order valence-corrected chi connectivity index (χ1v) is 7.66. The van der Waals surface area contributed by atoms with Crippen molar-refractivity contribution in [2.24, 2.45) is 0 Å². The van der Waals surface area contributed by atoms with Crippen LogP contribution in [0.15, 0.2) is 36.8 Å². The minimum absolute atomic E-state index is 0.0118. The standard InChI is InChI=1S/C16H15ClN4O4/c1-18-14-12(17)20-11(15(22)23-2)13(21-14)19-10-5-3-9(4-6-10)16-24-7-8-25-16/h3-8,16H,1-2H3,(H2,18,19,21). The van der Waals surface area contributed by atoms with E-state index in [1.165, 1.54) is 19.6 Å². The minimum Gasteiger partial charge on any atom is -0.464 e. The van der Waals surface area contributed by atoms with Gasteiger partial charge in [-0.1, -0.05) is 11.6 Å². The number of ether oxygens (including phenoxy) is 3. The molecule has 0 unspecified atom stereocenters. The number of rotatable bonds is 5. The summed E-state index contributed by atoms with van der Waals surface area (Å²) in [7, 11) is 2.92. The molecule has 0 fully saturated rings. The zero-order valence-electron chi connectivity index (χ0n) is 13.4. The Bertz CT molecular complexity index is 803. The van der Waals surface area contributed by atoms with E-state index >= 15 is 0 Å². The molecule has 1 aromatic carbocycles. The van der Waals surface area contributed by atoms with Gasteiger partial charge in [-0.15, -0.1) is 0 Å². The highest BCUT2D eigenvalue weighted by molar-refractivity contribution is 6.32. The van der Waals surface area contributed by atoms with Gasteiger partial charge < -0.3 is 24.8 Å². The Morgan fingerprint density at radius 3 is 2.44 bits per heavy atom. The monoisotopic (exact) mass is 362 g/mol. The van der Waals surface area contributed by atoms with E-state index in [9.17, 15) is 4.79 Å². The highest BCUT2D eigenvalue weighted by Crippen LogP contribution is 2.28. The molecule has 130 valence electrons. The Morgan fingerprint density at radius 1 is 1.16 bits per heavy atom. The van der Waals surface area contributed by atoms with Crippen LogP contribution in [0.3, 0.4) is 0 Å². The first-order valence-electron chi connectivity index (χ1n) is 7.29. The van der Waals surface area contributed by atoms with Gasteiger partial charge in [-0.25, -0.2) is 14.8 Å². The molecule has 0 saturated carbocycles. The first-order chi connectivity index (χ1) is 12.1. The predicted octanol–water partition coefficient (Wildman–Crippen LogP) is 3.22.